The largest absolute Gasteiger partial charge is 0.481 e. The van der Waals surface area contributed by atoms with E-state index < -0.39 is 23.8 Å². The lowest BCUT2D eigenvalue weighted by molar-refractivity contribution is -0.525. The molecule has 0 spiro atoms. The first-order valence-electron chi connectivity index (χ1n) is 15.0. The van der Waals surface area contributed by atoms with Crippen LogP contribution in [0.4, 0.5) is 0 Å². The summed E-state index contributed by atoms with van der Waals surface area (Å²) in [4.78, 5) is 41.1. The minimum absolute atomic E-state index is 0.00575. The molecular formula is C28H49BN6O6. The second-order valence-corrected chi connectivity index (χ2v) is 13.1. The summed E-state index contributed by atoms with van der Waals surface area (Å²) in [6.07, 6.45) is 6.91. The van der Waals surface area contributed by atoms with E-state index in [9.17, 15) is 19.7 Å². The third kappa shape index (κ3) is 7.79. The zero-order valence-electron chi connectivity index (χ0n) is 25.7. The first-order valence-corrected chi connectivity index (χ1v) is 15.0. The Balaban J connectivity index is 1.72. The van der Waals surface area contributed by atoms with E-state index in [1.54, 1.807) is 12.3 Å². The van der Waals surface area contributed by atoms with E-state index in [-0.39, 0.29) is 54.1 Å². The molecule has 230 valence electrons. The molecule has 0 aromatic heterocycles. The van der Waals surface area contributed by atoms with Crippen LogP contribution in [0.2, 0.25) is 0 Å². The molecule has 12 nitrogen and oxygen atoms in total. The predicted molar refractivity (Wildman–Crippen MR) is 158 cm³/mol. The third-order valence-corrected chi connectivity index (χ3v) is 9.21. The fraction of sp³-hybridized carbons (Fsp3) is 0.821. The lowest BCUT2D eigenvalue weighted by Gasteiger charge is -2.64. The van der Waals surface area contributed by atoms with Crippen molar-refractivity contribution in [1.29, 1.82) is 0 Å². The molecule has 4 rings (SSSR count). The van der Waals surface area contributed by atoms with Gasteiger partial charge in [-0.3, -0.25) is 9.59 Å². The van der Waals surface area contributed by atoms with Crippen molar-refractivity contribution in [2.24, 2.45) is 33.9 Å². The second kappa shape index (κ2) is 13.5. The summed E-state index contributed by atoms with van der Waals surface area (Å²) in [6, 6.07) is -0.840. The maximum atomic E-state index is 13.7. The highest BCUT2D eigenvalue weighted by atomic mass is 16.7. The highest BCUT2D eigenvalue weighted by Crippen LogP contribution is 2.65. The molecule has 4 fully saturated rings. The number of hydrazine groups is 1. The molecule has 2 bridgehead atoms. The van der Waals surface area contributed by atoms with E-state index in [1.165, 1.54) is 0 Å². The van der Waals surface area contributed by atoms with Crippen LogP contribution in [0.25, 0.3) is 0 Å². The van der Waals surface area contributed by atoms with Crippen molar-refractivity contribution >= 4 is 24.9 Å². The zero-order valence-corrected chi connectivity index (χ0v) is 25.7. The number of hydrogen-bond acceptors (Lipinski definition) is 7. The van der Waals surface area contributed by atoms with Crippen molar-refractivity contribution < 1.29 is 23.9 Å². The molecule has 1 heterocycles. The molecule has 4 aliphatic rings. The number of nitrogens with one attached hydrogen (secondary N) is 3. The lowest BCUT2D eigenvalue weighted by Crippen LogP contribution is -2.65. The molecule has 6 atom stereocenters. The van der Waals surface area contributed by atoms with Crippen molar-refractivity contribution in [3.05, 3.63) is 21.8 Å². The molecule has 1 saturated heterocycles. The summed E-state index contributed by atoms with van der Waals surface area (Å²) < 4.78 is 13.2. The molecule has 1 aliphatic heterocycles. The smallest absolute Gasteiger partial charge is 0.404 e. The Hall–Kier alpha value is -2.67. The summed E-state index contributed by atoms with van der Waals surface area (Å²) in [6.45, 7) is 14.9. The Bertz CT molecular complexity index is 1040. The van der Waals surface area contributed by atoms with Gasteiger partial charge in [-0.1, -0.05) is 52.5 Å². The van der Waals surface area contributed by atoms with Gasteiger partial charge in [0.05, 0.1) is 17.6 Å². The van der Waals surface area contributed by atoms with E-state index in [0.717, 1.165) is 25.7 Å². The number of hydrogen-bond donors (Lipinski definition) is 4. The third-order valence-electron chi connectivity index (χ3n) is 9.21. The fourth-order valence-electron chi connectivity index (χ4n) is 6.72. The number of guanidine groups is 1. The summed E-state index contributed by atoms with van der Waals surface area (Å²) in [5.74, 6) is -0.0581. The van der Waals surface area contributed by atoms with Crippen molar-refractivity contribution in [2.75, 3.05) is 6.54 Å². The van der Waals surface area contributed by atoms with Gasteiger partial charge >= 0.3 is 7.12 Å². The van der Waals surface area contributed by atoms with Gasteiger partial charge in [-0.05, 0) is 75.5 Å². The van der Waals surface area contributed by atoms with Crippen molar-refractivity contribution in [3.63, 3.8) is 0 Å². The van der Waals surface area contributed by atoms with Gasteiger partial charge in [0, 0.05) is 12.1 Å². The Labute approximate surface area is 244 Å². The quantitative estimate of drug-likeness (QED) is 0.0465. The van der Waals surface area contributed by atoms with Crippen LogP contribution in [0.5, 0.6) is 0 Å². The average Bonchev–Trinajstić information content (AvgIpc) is 3.24. The SMILES string of the molecule is CCCC=C(C)C(=O)N[C@@H](CCCN=C(N)N[N+](=O)[O-])C(=O)N[C@@H](CC(C)C)B1O[C@@H]2C[C@@H]3C[C@@H](C3(C)C)[C@]2(C)O1. The zero-order chi connectivity index (χ0) is 30.5. The highest BCUT2D eigenvalue weighted by Gasteiger charge is 2.68. The van der Waals surface area contributed by atoms with Gasteiger partial charge < -0.3 is 25.7 Å². The van der Waals surface area contributed by atoms with Crippen molar-refractivity contribution in [2.45, 2.75) is 117 Å². The predicted octanol–water partition coefficient (Wildman–Crippen LogP) is 2.89. The number of nitro groups is 1. The molecule has 0 aromatic carbocycles. The Morgan fingerprint density at radius 2 is 1.95 bits per heavy atom. The van der Waals surface area contributed by atoms with Crippen molar-refractivity contribution in [3.8, 4) is 0 Å². The molecule has 3 saturated carbocycles. The van der Waals surface area contributed by atoms with Crippen LogP contribution >= 0.6 is 0 Å². The molecule has 41 heavy (non-hydrogen) atoms. The lowest BCUT2D eigenvalue weighted by atomic mass is 9.43. The van der Waals surface area contributed by atoms with Gasteiger partial charge in [0.2, 0.25) is 11.8 Å². The Morgan fingerprint density at radius 1 is 1.24 bits per heavy atom. The van der Waals surface area contributed by atoms with Crippen LogP contribution in [0.3, 0.4) is 0 Å². The van der Waals surface area contributed by atoms with Gasteiger partial charge in [0.1, 0.15) is 6.04 Å². The van der Waals surface area contributed by atoms with Crippen LogP contribution in [-0.4, -0.2) is 60.2 Å². The number of nitrogens with zero attached hydrogens (tertiary/aromatic N) is 2. The molecule has 0 aromatic rings. The van der Waals surface area contributed by atoms with Gasteiger partial charge in [0.15, 0.2) is 5.03 Å². The molecule has 3 aliphatic carbocycles. The number of amides is 2. The van der Waals surface area contributed by atoms with Crippen LogP contribution in [0.1, 0.15) is 93.4 Å². The first kappa shape index (κ1) is 32.8. The number of carbonyl (C=O) groups excluding carboxylic acids is 2. The maximum absolute atomic E-state index is 13.7. The van der Waals surface area contributed by atoms with Crippen molar-refractivity contribution in [1.82, 2.24) is 16.1 Å². The molecule has 0 radical (unpaired) electrons. The van der Waals surface area contributed by atoms with E-state index in [0.29, 0.717) is 30.3 Å². The molecule has 0 unspecified atom stereocenters. The number of carbonyl (C=O) groups is 2. The monoisotopic (exact) mass is 576 g/mol. The summed E-state index contributed by atoms with van der Waals surface area (Å²) in [5, 5.41) is 15.8. The Kier molecular flexibility index (Phi) is 10.8. The second-order valence-electron chi connectivity index (χ2n) is 13.1. The molecule has 5 N–H and O–H groups in total. The minimum atomic E-state index is -0.840. The number of nitrogens with two attached hydrogens (primary N) is 1. The average molecular weight is 577 g/mol. The molecular weight excluding hydrogens is 527 g/mol. The van der Waals surface area contributed by atoms with Gasteiger partial charge in [-0.25, -0.2) is 15.1 Å². The molecule has 13 heteroatoms. The molecule has 2 amide bonds. The van der Waals surface area contributed by atoms with E-state index >= 15 is 0 Å². The highest BCUT2D eigenvalue weighted by molar-refractivity contribution is 6.48. The van der Waals surface area contributed by atoms with Crippen LogP contribution in [0.15, 0.2) is 16.6 Å². The summed E-state index contributed by atoms with van der Waals surface area (Å²) >= 11 is 0. The van der Waals surface area contributed by atoms with E-state index in [4.69, 9.17) is 15.0 Å². The topological polar surface area (TPSA) is 170 Å². The number of allylic oxidation sites excluding steroid dienone is 1. The van der Waals surface area contributed by atoms with Gasteiger partial charge in [0.25, 0.3) is 5.96 Å². The summed E-state index contributed by atoms with van der Waals surface area (Å²) in [7, 11) is -0.577. The minimum Gasteiger partial charge on any atom is -0.404 e. The number of rotatable bonds is 14. The van der Waals surface area contributed by atoms with E-state index in [1.807, 2.05) is 13.0 Å². The fourth-order valence-corrected chi connectivity index (χ4v) is 6.72. The van der Waals surface area contributed by atoms with Crippen LogP contribution in [0, 0.1) is 33.3 Å². The van der Waals surface area contributed by atoms with Crippen LogP contribution in [-0.2, 0) is 18.9 Å². The van der Waals surface area contributed by atoms with Crippen LogP contribution < -0.4 is 21.8 Å². The standard InChI is InChI=1S/C28H49BN6O6/c1-8-9-11-18(4)24(36)32-20(12-10-13-31-26(30)34-35(38)39)25(37)33-23(14-17(2)3)29-40-22-16-19-15-21(27(19,5)6)28(22,7)41-29/h11,17,19-23H,8-10,12-16H2,1-7H3,(H,32,36)(H,33,37)(H3,30,31,34)/t19-,20-,21-,22+,23-,28-/m0/s1. The van der Waals surface area contributed by atoms with Gasteiger partial charge in [-0.15, -0.1) is 0 Å². The summed E-state index contributed by atoms with van der Waals surface area (Å²) in [5.41, 5.74) is 7.66. The Morgan fingerprint density at radius 3 is 2.56 bits per heavy atom. The normalized spacial score (nSPS) is 28.4. The number of unbranched alkanes of at least 4 members (excludes halogenated alkanes) is 1. The van der Waals surface area contributed by atoms with E-state index in [2.05, 4.69) is 50.2 Å². The number of aliphatic imine (C=N–C) groups is 1. The van der Waals surface area contributed by atoms with Gasteiger partial charge in [-0.2, -0.15) is 0 Å². The first-order chi connectivity index (χ1) is 19.2. The maximum Gasteiger partial charge on any atom is 0.481 e.